The molecule has 2 aliphatic heterocycles. The average Bonchev–Trinajstić information content (AvgIpc) is 2.80. The second-order valence-corrected chi connectivity index (χ2v) is 7.37. The molecule has 1 atom stereocenters. The van der Waals surface area contributed by atoms with Gasteiger partial charge in [-0.1, -0.05) is 0 Å². The lowest BCUT2D eigenvalue weighted by Crippen LogP contribution is -2.54. The van der Waals surface area contributed by atoms with E-state index < -0.39 is 0 Å². The van der Waals surface area contributed by atoms with Crippen LogP contribution in [0.5, 0.6) is 0 Å². The van der Waals surface area contributed by atoms with Crippen LogP contribution in [0.2, 0.25) is 0 Å². The van der Waals surface area contributed by atoms with Crippen LogP contribution in [-0.2, 0) is 9.59 Å². The third kappa shape index (κ3) is 5.09. The van der Waals surface area contributed by atoms with Crippen molar-refractivity contribution < 1.29 is 9.59 Å². The van der Waals surface area contributed by atoms with Crippen LogP contribution in [-0.4, -0.2) is 109 Å². The standard InChI is InChI=1S/C16H30N4O2S/c1-14(18-9-7-17(2)8-10-18)16(22)20-6-4-5-19(11-12-20)15(21)13-23-3/h14H,4-13H2,1-3H3. The van der Waals surface area contributed by atoms with Gasteiger partial charge in [-0.3, -0.25) is 14.5 Å². The SMILES string of the molecule is CSCC(=O)N1CCCN(C(=O)C(C)N2CCN(C)CC2)CC1. The van der Waals surface area contributed by atoms with E-state index in [-0.39, 0.29) is 17.9 Å². The second-order valence-electron chi connectivity index (χ2n) is 6.51. The van der Waals surface area contributed by atoms with Crippen LogP contribution < -0.4 is 0 Å². The molecule has 7 heteroatoms. The first kappa shape index (κ1) is 18.5. The van der Waals surface area contributed by atoms with Crippen molar-refractivity contribution in [2.24, 2.45) is 0 Å². The molecule has 0 aromatic heterocycles. The Kier molecular flexibility index (Phi) is 7.17. The van der Waals surface area contributed by atoms with Crippen LogP contribution >= 0.6 is 11.8 Å². The molecule has 0 aromatic carbocycles. The monoisotopic (exact) mass is 342 g/mol. The summed E-state index contributed by atoms with van der Waals surface area (Å²) in [6, 6.07) is -0.0582. The van der Waals surface area contributed by atoms with Gasteiger partial charge < -0.3 is 14.7 Å². The van der Waals surface area contributed by atoms with E-state index in [1.54, 1.807) is 11.8 Å². The van der Waals surface area contributed by atoms with Crippen LogP contribution in [0.15, 0.2) is 0 Å². The molecule has 6 nitrogen and oxygen atoms in total. The molecule has 0 aromatic rings. The summed E-state index contributed by atoms with van der Waals surface area (Å²) in [5.74, 6) is 0.943. The van der Waals surface area contributed by atoms with E-state index in [1.165, 1.54) is 0 Å². The van der Waals surface area contributed by atoms with Gasteiger partial charge in [0, 0.05) is 52.4 Å². The molecule has 23 heavy (non-hydrogen) atoms. The van der Waals surface area contributed by atoms with E-state index in [0.29, 0.717) is 18.8 Å². The van der Waals surface area contributed by atoms with Gasteiger partial charge in [0.25, 0.3) is 0 Å². The van der Waals surface area contributed by atoms with Gasteiger partial charge in [0.15, 0.2) is 0 Å². The second kappa shape index (κ2) is 8.89. The summed E-state index contributed by atoms with van der Waals surface area (Å²) in [7, 11) is 2.12. The number of thioether (sulfide) groups is 1. The Bertz CT molecular complexity index is 413. The molecule has 2 fully saturated rings. The van der Waals surface area contributed by atoms with Crippen molar-refractivity contribution >= 4 is 23.6 Å². The number of hydrogen-bond acceptors (Lipinski definition) is 5. The Morgan fingerprint density at radius 3 is 2.22 bits per heavy atom. The molecule has 0 spiro atoms. The van der Waals surface area contributed by atoms with Crippen LogP contribution in [0.1, 0.15) is 13.3 Å². The summed E-state index contributed by atoms with van der Waals surface area (Å²) >= 11 is 1.56. The number of carbonyl (C=O) groups excluding carboxylic acids is 2. The molecule has 0 saturated carbocycles. The maximum absolute atomic E-state index is 12.8. The number of nitrogens with zero attached hydrogens (tertiary/aromatic N) is 4. The summed E-state index contributed by atoms with van der Waals surface area (Å²) in [5.41, 5.74) is 0. The maximum Gasteiger partial charge on any atom is 0.239 e. The van der Waals surface area contributed by atoms with Gasteiger partial charge in [0.05, 0.1) is 11.8 Å². The molecule has 0 bridgehead atoms. The van der Waals surface area contributed by atoms with Crippen molar-refractivity contribution in [3.8, 4) is 0 Å². The number of likely N-dealkylation sites (N-methyl/N-ethyl adjacent to an activating group) is 1. The minimum Gasteiger partial charge on any atom is -0.340 e. The van der Waals surface area contributed by atoms with Crippen molar-refractivity contribution in [1.82, 2.24) is 19.6 Å². The lowest BCUT2D eigenvalue weighted by Gasteiger charge is -2.37. The molecule has 1 unspecified atom stereocenters. The first-order valence-corrected chi connectivity index (χ1v) is 9.90. The molecule has 2 amide bonds. The Morgan fingerprint density at radius 2 is 1.57 bits per heavy atom. The lowest BCUT2D eigenvalue weighted by atomic mass is 10.2. The topological polar surface area (TPSA) is 47.1 Å². The summed E-state index contributed by atoms with van der Waals surface area (Å²) < 4.78 is 0. The minimum absolute atomic E-state index is 0.0582. The minimum atomic E-state index is -0.0582. The summed E-state index contributed by atoms with van der Waals surface area (Å²) in [6.45, 7) is 8.84. The molecular weight excluding hydrogens is 312 g/mol. The zero-order valence-electron chi connectivity index (χ0n) is 14.7. The summed E-state index contributed by atoms with van der Waals surface area (Å²) in [5, 5.41) is 0. The molecule has 2 heterocycles. The highest BCUT2D eigenvalue weighted by atomic mass is 32.2. The molecule has 132 valence electrons. The summed E-state index contributed by atoms with van der Waals surface area (Å²) in [6.07, 6.45) is 2.82. The van der Waals surface area contributed by atoms with Gasteiger partial charge in [-0.2, -0.15) is 11.8 Å². The fraction of sp³-hybridized carbons (Fsp3) is 0.875. The first-order chi connectivity index (χ1) is 11.0. The van der Waals surface area contributed by atoms with Gasteiger partial charge in [-0.25, -0.2) is 0 Å². The van der Waals surface area contributed by atoms with E-state index in [4.69, 9.17) is 0 Å². The zero-order valence-corrected chi connectivity index (χ0v) is 15.5. The Labute approximate surface area is 144 Å². The lowest BCUT2D eigenvalue weighted by molar-refractivity contribution is -0.137. The van der Waals surface area contributed by atoms with E-state index in [2.05, 4.69) is 16.8 Å². The van der Waals surface area contributed by atoms with E-state index in [1.807, 2.05) is 23.0 Å². The highest BCUT2D eigenvalue weighted by molar-refractivity contribution is 7.99. The Balaban J connectivity index is 1.86. The van der Waals surface area contributed by atoms with E-state index >= 15 is 0 Å². The maximum atomic E-state index is 12.8. The van der Waals surface area contributed by atoms with Crippen LogP contribution in [0, 0.1) is 0 Å². The van der Waals surface area contributed by atoms with Crippen molar-refractivity contribution in [2.45, 2.75) is 19.4 Å². The average molecular weight is 343 g/mol. The normalized spacial score (nSPS) is 22.7. The van der Waals surface area contributed by atoms with Crippen LogP contribution in [0.4, 0.5) is 0 Å². The van der Waals surface area contributed by atoms with Gasteiger partial charge in [0.2, 0.25) is 11.8 Å². The molecular formula is C16H30N4O2S. The number of hydrogen-bond donors (Lipinski definition) is 0. The van der Waals surface area contributed by atoms with E-state index in [0.717, 1.165) is 45.7 Å². The largest absolute Gasteiger partial charge is 0.340 e. The van der Waals surface area contributed by atoms with E-state index in [9.17, 15) is 9.59 Å². The molecule has 2 aliphatic rings. The fourth-order valence-corrected chi connectivity index (χ4v) is 3.66. The van der Waals surface area contributed by atoms with Gasteiger partial charge in [0.1, 0.15) is 0 Å². The fourth-order valence-electron chi connectivity index (χ4n) is 3.23. The molecule has 2 saturated heterocycles. The Hall–Kier alpha value is -0.790. The molecule has 0 N–H and O–H groups in total. The quantitative estimate of drug-likeness (QED) is 0.722. The third-order valence-electron chi connectivity index (χ3n) is 4.87. The molecule has 2 rings (SSSR count). The smallest absolute Gasteiger partial charge is 0.239 e. The van der Waals surface area contributed by atoms with Gasteiger partial charge >= 0.3 is 0 Å². The van der Waals surface area contributed by atoms with Gasteiger partial charge in [-0.05, 0) is 26.6 Å². The third-order valence-corrected chi connectivity index (χ3v) is 5.41. The van der Waals surface area contributed by atoms with Crippen molar-refractivity contribution in [2.75, 3.05) is 71.4 Å². The number of piperazine rings is 1. The number of rotatable bonds is 4. The summed E-state index contributed by atoms with van der Waals surface area (Å²) in [4.78, 5) is 33.3. The molecule has 0 radical (unpaired) electrons. The Morgan fingerprint density at radius 1 is 0.957 bits per heavy atom. The highest BCUT2D eigenvalue weighted by Gasteiger charge is 2.29. The van der Waals surface area contributed by atoms with Crippen LogP contribution in [0.3, 0.4) is 0 Å². The predicted molar refractivity (Wildman–Crippen MR) is 94.7 cm³/mol. The van der Waals surface area contributed by atoms with Crippen molar-refractivity contribution in [3.05, 3.63) is 0 Å². The van der Waals surface area contributed by atoms with Crippen LogP contribution in [0.25, 0.3) is 0 Å². The molecule has 0 aliphatic carbocycles. The number of carbonyl (C=O) groups is 2. The zero-order chi connectivity index (χ0) is 16.8. The van der Waals surface area contributed by atoms with Gasteiger partial charge in [-0.15, -0.1) is 0 Å². The number of amides is 2. The highest BCUT2D eigenvalue weighted by Crippen LogP contribution is 2.11. The predicted octanol–water partition coefficient (Wildman–Crippen LogP) is 0.0462. The first-order valence-electron chi connectivity index (χ1n) is 8.51. The van der Waals surface area contributed by atoms with Crippen molar-refractivity contribution in [3.63, 3.8) is 0 Å². The van der Waals surface area contributed by atoms with Crippen molar-refractivity contribution in [1.29, 1.82) is 0 Å².